The average molecular weight is 1060 g/mol. The van der Waals surface area contributed by atoms with Gasteiger partial charge in [-0.05, 0) is 209 Å². The molecule has 0 N–H and O–H groups in total. The molecule has 3 heteroatoms. The minimum absolute atomic E-state index is 0.00301. The first kappa shape index (κ1) is 51.8. The van der Waals surface area contributed by atoms with Crippen molar-refractivity contribution in [1.29, 1.82) is 0 Å². The molecule has 9 aromatic rings. The van der Waals surface area contributed by atoms with E-state index < -0.39 is 0 Å². The highest BCUT2D eigenvalue weighted by Gasteiger charge is 2.52. The molecular formula is C78H79BN2. The fourth-order valence-corrected chi connectivity index (χ4v) is 16.9. The van der Waals surface area contributed by atoms with E-state index in [9.17, 15) is 0 Å². The summed E-state index contributed by atoms with van der Waals surface area (Å²) in [5.41, 5.74) is 31.2. The van der Waals surface area contributed by atoms with Gasteiger partial charge in [0.25, 0.3) is 0 Å². The smallest absolute Gasteiger partial charge is 0.247 e. The lowest BCUT2D eigenvalue weighted by molar-refractivity contribution is 0.332. The quantitative estimate of drug-likeness (QED) is 0.147. The molecule has 14 rings (SSSR count). The number of hydrogen-bond donors (Lipinski definition) is 0. The lowest BCUT2D eigenvalue weighted by Gasteiger charge is -2.46. The molecule has 0 radical (unpaired) electrons. The molecule has 1 unspecified atom stereocenters. The van der Waals surface area contributed by atoms with E-state index in [0.29, 0.717) is 0 Å². The molecule has 0 saturated carbocycles. The number of anilines is 6. The lowest BCUT2D eigenvalue weighted by atomic mass is 9.30. The Morgan fingerprint density at radius 3 is 1.41 bits per heavy atom. The number of fused-ring (bicyclic) bond motifs is 7. The summed E-state index contributed by atoms with van der Waals surface area (Å²) in [6.07, 6.45) is 4.54. The predicted octanol–water partition coefficient (Wildman–Crippen LogP) is 18.9. The zero-order valence-electron chi connectivity index (χ0n) is 50.3. The van der Waals surface area contributed by atoms with E-state index in [1.807, 2.05) is 0 Å². The fourth-order valence-electron chi connectivity index (χ4n) is 16.9. The molecule has 2 aliphatic heterocycles. The maximum atomic E-state index is 2.79. The predicted molar refractivity (Wildman–Crippen MR) is 347 cm³/mol. The van der Waals surface area contributed by atoms with Gasteiger partial charge >= 0.3 is 0 Å². The van der Waals surface area contributed by atoms with Crippen molar-refractivity contribution in [1.82, 2.24) is 0 Å². The van der Waals surface area contributed by atoms with Crippen LogP contribution in [0, 0.1) is 6.92 Å². The summed E-state index contributed by atoms with van der Waals surface area (Å²) < 4.78 is 0. The summed E-state index contributed by atoms with van der Waals surface area (Å²) in [4.78, 5) is 5.31. The monoisotopic (exact) mass is 1050 g/mol. The van der Waals surface area contributed by atoms with Gasteiger partial charge in [0.05, 0.1) is 0 Å². The molecule has 0 saturated heterocycles. The lowest BCUT2D eigenvalue weighted by Crippen LogP contribution is -2.62. The summed E-state index contributed by atoms with van der Waals surface area (Å²) >= 11 is 0. The summed E-state index contributed by atoms with van der Waals surface area (Å²) in [5, 5.41) is 0. The van der Waals surface area contributed by atoms with Gasteiger partial charge < -0.3 is 9.80 Å². The topological polar surface area (TPSA) is 6.48 Å². The second-order valence-electron chi connectivity index (χ2n) is 29.0. The third-order valence-electron chi connectivity index (χ3n) is 20.5. The number of hydrogen-bond acceptors (Lipinski definition) is 2. The molecular weight excluding hydrogens is 976 g/mol. The van der Waals surface area contributed by atoms with Crippen LogP contribution >= 0.6 is 0 Å². The Bertz CT molecular complexity index is 3970. The van der Waals surface area contributed by atoms with Crippen molar-refractivity contribution < 1.29 is 0 Å². The van der Waals surface area contributed by atoms with Gasteiger partial charge in [-0.3, -0.25) is 0 Å². The number of para-hydroxylation sites is 2. The maximum Gasteiger partial charge on any atom is 0.247 e. The van der Waals surface area contributed by atoms with Crippen LogP contribution in [-0.4, -0.2) is 6.71 Å². The number of benzene rings is 9. The first-order chi connectivity index (χ1) is 38.5. The zero-order chi connectivity index (χ0) is 56.3. The van der Waals surface area contributed by atoms with Crippen LogP contribution in [0.4, 0.5) is 34.1 Å². The molecule has 9 aromatic carbocycles. The van der Waals surface area contributed by atoms with Crippen molar-refractivity contribution in [3.05, 3.63) is 244 Å². The van der Waals surface area contributed by atoms with Crippen molar-refractivity contribution in [3.63, 3.8) is 0 Å². The molecule has 0 fully saturated rings. The maximum absolute atomic E-state index is 2.79. The second-order valence-corrected chi connectivity index (χ2v) is 29.0. The first-order valence-electron chi connectivity index (χ1n) is 30.2. The van der Waals surface area contributed by atoms with Crippen LogP contribution in [-0.2, 0) is 32.5 Å². The Morgan fingerprint density at radius 1 is 0.370 bits per heavy atom. The number of aryl methyl sites for hydroxylation is 1. The summed E-state index contributed by atoms with van der Waals surface area (Å²) in [7, 11) is 0. The van der Waals surface area contributed by atoms with Gasteiger partial charge in [0, 0.05) is 40.0 Å². The van der Waals surface area contributed by atoms with E-state index >= 15 is 0 Å². The third kappa shape index (κ3) is 8.02. The van der Waals surface area contributed by atoms with E-state index in [-0.39, 0.29) is 45.1 Å². The molecule has 0 spiro atoms. The SMILES string of the molecule is Cc1cc2c(cc1N1c3cc4c(cc3B3c5cc6c(cc5C(c5ccc(-c7ccccc7)cc5-c5ccccc5)c5cc(N(c7ccccc7)c7ccccc7)cc1c53)C(C)(C)CC6(C)C)C(C)(C)CC4(C)C)C(C)(C)CCC2(C)C. The fraction of sp³-hybridized carbons (Fsp3) is 0.308. The molecule has 2 heterocycles. The normalized spacial score (nSPS) is 19.4. The van der Waals surface area contributed by atoms with Crippen molar-refractivity contribution in [3.8, 4) is 22.3 Å². The van der Waals surface area contributed by atoms with Gasteiger partial charge in [0.1, 0.15) is 0 Å². The Labute approximate surface area is 484 Å². The van der Waals surface area contributed by atoms with Crippen LogP contribution < -0.4 is 26.2 Å². The van der Waals surface area contributed by atoms with E-state index in [2.05, 4.69) is 288 Å². The third-order valence-corrected chi connectivity index (χ3v) is 20.5. The molecule has 404 valence electrons. The van der Waals surface area contributed by atoms with E-state index in [4.69, 9.17) is 0 Å². The zero-order valence-corrected chi connectivity index (χ0v) is 50.3. The van der Waals surface area contributed by atoms with Crippen molar-refractivity contribution in [2.24, 2.45) is 0 Å². The van der Waals surface area contributed by atoms with E-state index in [1.54, 1.807) is 0 Å². The molecule has 5 aliphatic rings. The Hall–Kier alpha value is -7.36. The number of rotatable bonds is 7. The molecule has 3 aliphatic carbocycles. The van der Waals surface area contributed by atoms with Gasteiger partial charge in [-0.25, -0.2) is 0 Å². The van der Waals surface area contributed by atoms with E-state index in [0.717, 1.165) is 36.3 Å². The van der Waals surface area contributed by atoms with Gasteiger partial charge in [0.2, 0.25) is 6.71 Å². The molecule has 81 heavy (non-hydrogen) atoms. The van der Waals surface area contributed by atoms with Gasteiger partial charge in [-0.1, -0.05) is 222 Å². The summed E-state index contributed by atoms with van der Waals surface area (Å²) in [6.45, 7) is 32.3. The molecule has 1 atom stereocenters. The van der Waals surface area contributed by atoms with Crippen LogP contribution in [0.1, 0.15) is 170 Å². The van der Waals surface area contributed by atoms with E-state index in [1.165, 1.54) is 118 Å². The Kier molecular flexibility index (Phi) is 11.4. The van der Waals surface area contributed by atoms with Crippen molar-refractivity contribution in [2.75, 3.05) is 9.80 Å². The van der Waals surface area contributed by atoms with Gasteiger partial charge in [0.15, 0.2) is 0 Å². The summed E-state index contributed by atoms with van der Waals surface area (Å²) in [6, 6.07) is 73.3. The van der Waals surface area contributed by atoms with Crippen LogP contribution in [0.2, 0.25) is 0 Å². The van der Waals surface area contributed by atoms with Gasteiger partial charge in [-0.2, -0.15) is 0 Å². The highest BCUT2D eigenvalue weighted by atomic mass is 15.2. The standard InChI is InChI=1S/C78H79BN2/c1-49-38-60-64(74(4,5)37-36-73(60,2)3)45-68(49)81-69-46-65-63(77(10,11)48-78(65,12)13)44-67(69)79-66-43-62-61(75(6,7)47-76(62,8)9)42-58(66)71(56-35-34-52(50-26-18-14-19-27-50)39-57(56)51-28-20-15-21-29-51)59-40-55(41-70(81)72(59)79)80(53-30-22-16-23-31-53)54-32-24-17-25-33-54/h14-35,38-46,71H,36-37,47-48H2,1-13H3. The minimum Gasteiger partial charge on any atom is -0.311 e. The van der Waals surface area contributed by atoms with Crippen molar-refractivity contribution in [2.45, 2.75) is 154 Å². The average Bonchev–Trinajstić information content (AvgIpc) is 2.25. The first-order valence-corrected chi connectivity index (χ1v) is 30.2. The molecule has 0 amide bonds. The Morgan fingerprint density at radius 2 is 0.840 bits per heavy atom. The largest absolute Gasteiger partial charge is 0.311 e. The summed E-state index contributed by atoms with van der Waals surface area (Å²) in [5.74, 6) is -0.110. The van der Waals surface area contributed by atoms with Crippen LogP contribution in [0.15, 0.2) is 188 Å². The molecule has 0 bridgehead atoms. The highest BCUT2D eigenvalue weighted by molar-refractivity contribution is 6.99. The second kappa shape index (κ2) is 17.8. The van der Waals surface area contributed by atoms with Crippen LogP contribution in [0.25, 0.3) is 22.3 Å². The van der Waals surface area contributed by atoms with Crippen molar-refractivity contribution >= 4 is 57.2 Å². The number of nitrogens with zero attached hydrogens (tertiary/aromatic N) is 2. The van der Waals surface area contributed by atoms with Gasteiger partial charge in [-0.15, -0.1) is 0 Å². The minimum atomic E-state index is -0.110. The Balaban J connectivity index is 1.17. The molecule has 0 aromatic heterocycles. The molecule has 2 nitrogen and oxygen atoms in total. The highest BCUT2D eigenvalue weighted by Crippen LogP contribution is 2.57. The van der Waals surface area contributed by atoms with Crippen LogP contribution in [0.3, 0.4) is 0 Å². The van der Waals surface area contributed by atoms with Crippen LogP contribution in [0.5, 0.6) is 0 Å².